The summed E-state index contributed by atoms with van der Waals surface area (Å²) in [5.74, 6) is 0.800. The molecule has 0 unspecified atom stereocenters. The normalized spacial score (nSPS) is 14.1. The fraction of sp³-hybridized carbons (Fsp3) is 0.250. The van der Waals surface area contributed by atoms with Crippen LogP contribution >= 0.6 is 0 Å². The van der Waals surface area contributed by atoms with E-state index in [1.165, 1.54) is 0 Å². The Morgan fingerprint density at radius 3 is 2.63 bits per heavy atom. The molecule has 4 rings (SSSR count). The van der Waals surface area contributed by atoms with Gasteiger partial charge in [-0.1, -0.05) is 6.07 Å². The summed E-state index contributed by atoms with van der Waals surface area (Å²) in [6.45, 7) is 3.45. The van der Waals surface area contributed by atoms with Gasteiger partial charge in [0, 0.05) is 49.4 Å². The Bertz CT molecular complexity index is 887. The molecule has 1 aliphatic rings. The molecule has 1 aliphatic heterocycles. The zero-order chi connectivity index (χ0) is 18.5. The largest absolute Gasteiger partial charge is 0.378 e. The average molecular weight is 363 g/mol. The Morgan fingerprint density at radius 2 is 1.89 bits per heavy atom. The van der Waals surface area contributed by atoms with Crippen molar-refractivity contribution in [3.8, 4) is 5.69 Å². The minimum Gasteiger partial charge on any atom is -0.378 e. The molecule has 138 valence electrons. The van der Waals surface area contributed by atoms with Crippen molar-refractivity contribution < 1.29 is 9.53 Å². The molecular formula is C20H21N5O2. The Balaban J connectivity index is 1.42. The summed E-state index contributed by atoms with van der Waals surface area (Å²) in [5, 5.41) is 7.18. The van der Waals surface area contributed by atoms with Crippen LogP contribution in [0.2, 0.25) is 0 Å². The van der Waals surface area contributed by atoms with Gasteiger partial charge in [-0.15, -0.1) is 0 Å². The second-order valence-corrected chi connectivity index (χ2v) is 6.27. The number of hydrogen-bond donors (Lipinski definition) is 1. The molecule has 0 saturated carbocycles. The van der Waals surface area contributed by atoms with Crippen molar-refractivity contribution >= 4 is 11.7 Å². The monoisotopic (exact) mass is 363 g/mol. The van der Waals surface area contributed by atoms with Gasteiger partial charge in [-0.3, -0.25) is 4.79 Å². The van der Waals surface area contributed by atoms with E-state index in [0.29, 0.717) is 25.3 Å². The fourth-order valence-corrected chi connectivity index (χ4v) is 3.09. The van der Waals surface area contributed by atoms with Crippen molar-refractivity contribution in [2.75, 3.05) is 31.2 Å². The zero-order valence-electron chi connectivity index (χ0n) is 14.9. The molecule has 1 saturated heterocycles. The van der Waals surface area contributed by atoms with Crippen molar-refractivity contribution in [3.63, 3.8) is 0 Å². The predicted molar refractivity (Wildman–Crippen MR) is 102 cm³/mol. The number of amides is 1. The summed E-state index contributed by atoms with van der Waals surface area (Å²) in [5.41, 5.74) is 2.53. The number of carbonyl (C=O) groups is 1. The van der Waals surface area contributed by atoms with Gasteiger partial charge < -0.3 is 15.0 Å². The van der Waals surface area contributed by atoms with Crippen molar-refractivity contribution in [2.24, 2.45) is 0 Å². The number of carbonyl (C=O) groups excluding carboxylic acids is 1. The first-order valence-electron chi connectivity index (χ1n) is 8.96. The van der Waals surface area contributed by atoms with Crippen molar-refractivity contribution in [3.05, 3.63) is 72.2 Å². The number of benzene rings is 1. The minimum atomic E-state index is -0.112. The number of rotatable bonds is 5. The molecule has 1 amide bonds. The van der Waals surface area contributed by atoms with Crippen LogP contribution in [-0.4, -0.2) is 47.0 Å². The van der Waals surface area contributed by atoms with Crippen LogP contribution in [0.4, 0.5) is 5.82 Å². The van der Waals surface area contributed by atoms with Gasteiger partial charge in [-0.05, 0) is 36.4 Å². The first-order valence-corrected chi connectivity index (χ1v) is 8.96. The van der Waals surface area contributed by atoms with Crippen LogP contribution in [0.5, 0.6) is 0 Å². The highest BCUT2D eigenvalue weighted by Gasteiger charge is 2.16. The number of nitrogens with one attached hydrogen (secondary N) is 1. The van der Waals surface area contributed by atoms with Crippen LogP contribution in [0.15, 0.2) is 61.1 Å². The summed E-state index contributed by atoms with van der Waals surface area (Å²) in [4.78, 5) is 19.2. The van der Waals surface area contributed by atoms with E-state index in [1.54, 1.807) is 29.2 Å². The molecule has 0 spiro atoms. The number of morpholine rings is 1. The van der Waals surface area contributed by atoms with Gasteiger partial charge in [-0.25, -0.2) is 9.67 Å². The summed E-state index contributed by atoms with van der Waals surface area (Å²) < 4.78 is 7.16. The maximum Gasteiger partial charge on any atom is 0.251 e. The van der Waals surface area contributed by atoms with Gasteiger partial charge in [0.2, 0.25) is 0 Å². The second-order valence-electron chi connectivity index (χ2n) is 6.27. The maximum atomic E-state index is 12.5. The van der Waals surface area contributed by atoms with Gasteiger partial charge in [0.25, 0.3) is 5.91 Å². The molecule has 0 radical (unpaired) electrons. The number of ether oxygens (including phenoxy) is 1. The smallest absolute Gasteiger partial charge is 0.251 e. The van der Waals surface area contributed by atoms with Crippen LogP contribution in [0.3, 0.4) is 0 Å². The molecule has 0 atom stereocenters. The third-order valence-electron chi connectivity index (χ3n) is 4.52. The highest BCUT2D eigenvalue weighted by Crippen LogP contribution is 2.18. The molecule has 2 aromatic heterocycles. The van der Waals surface area contributed by atoms with E-state index in [9.17, 15) is 4.79 Å². The van der Waals surface area contributed by atoms with E-state index in [2.05, 4.69) is 20.3 Å². The number of hydrogen-bond acceptors (Lipinski definition) is 5. The van der Waals surface area contributed by atoms with Gasteiger partial charge in [0.15, 0.2) is 0 Å². The summed E-state index contributed by atoms with van der Waals surface area (Å²) in [6.07, 6.45) is 5.37. The first-order chi connectivity index (χ1) is 13.3. The minimum absolute atomic E-state index is 0.112. The summed E-state index contributed by atoms with van der Waals surface area (Å²) in [7, 11) is 0. The maximum absolute atomic E-state index is 12.5. The van der Waals surface area contributed by atoms with Crippen LogP contribution in [0.25, 0.3) is 5.69 Å². The van der Waals surface area contributed by atoms with E-state index in [-0.39, 0.29) is 5.91 Å². The Kier molecular flexibility index (Phi) is 5.11. The SMILES string of the molecule is O=C(NCc1cccnc1N1CCOCC1)c1ccc(-n2cccn2)cc1. The highest BCUT2D eigenvalue weighted by atomic mass is 16.5. The number of pyridine rings is 1. The summed E-state index contributed by atoms with van der Waals surface area (Å²) >= 11 is 0. The van der Waals surface area contributed by atoms with Crippen LogP contribution in [0.1, 0.15) is 15.9 Å². The lowest BCUT2D eigenvalue weighted by Crippen LogP contribution is -2.37. The zero-order valence-corrected chi connectivity index (χ0v) is 14.9. The van der Waals surface area contributed by atoms with Crippen molar-refractivity contribution in [1.82, 2.24) is 20.1 Å². The first kappa shape index (κ1) is 17.2. The third-order valence-corrected chi connectivity index (χ3v) is 4.52. The molecular weight excluding hydrogens is 342 g/mol. The van der Waals surface area contributed by atoms with E-state index in [4.69, 9.17) is 4.74 Å². The molecule has 1 aromatic carbocycles. The molecule has 0 aliphatic carbocycles. The van der Waals surface area contributed by atoms with Gasteiger partial charge in [0.05, 0.1) is 18.9 Å². The second kappa shape index (κ2) is 8.01. The lowest BCUT2D eigenvalue weighted by atomic mass is 10.1. The van der Waals surface area contributed by atoms with Crippen LogP contribution in [-0.2, 0) is 11.3 Å². The molecule has 1 fully saturated rings. The Labute approximate surface area is 157 Å². The van der Waals surface area contributed by atoms with E-state index >= 15 is 0 Å². The van der Waals surface area contributed by atoms with Crippen LogP contribution in [0, 0.1) is 0 Å². The molecule has 3 aromatic rings. The quantitative estimate of drug-likeness (QED) is 0.751. The number of nitrogens with zero attached hydrogens (tertiary/aromatic N) is 4. The topological polar surface area (TPSA) is 72.3 Å². The Morgan fingerprint density at radius 1 is 1.07 bits per heavy atom. The summed E-state index contributed by atoms with van der Waals surface area (Å²) in [6, 6.07) is 13.1. The van der Waals surface area contributed by atoms with E-state index < -0.39 is 0 Å². The lowest BCUT2D eigenvalue weighted by molar-refractivity contribution is 0.0950. The molecule has 7 nitrogen and oxygen atoms in total. The highest BCUT2D eigenvalue weighted by molar-refractivity contribution is 5.94. The lowest BCUT2D eigenvalue weighted by Gasteiger charge is -2.29. The van der Waals surface area contributed by atoms with Gasteiger partial charge in [-0.2, -0.15) is 5.10 Å². The van der Waals surface area contributed by atoms with E-state index in [1.807, 2.05) is 36.5 Å². The van der Waals surface area contributed by atoms with E-state index in [0.717, 1.165) is 30.2 Å². The van der Waals surface area contributed by atoms with Crippen molar-refractivity contribution in [2.45, 2.75) is 6.54 Å². The molecule has 27 heavy (non-hydrogen) atoms. The van der Waals surface area contributed by atoms with Crippen molar-refractivity contribution in [1.29, 1.82) is 0 Å². The molecule has 7 heteroatoms. The molecule has 1 N–H and O–H groups in total. The fourth-order valence-electron chi connectivity index (χ4n) is 3.09. The Hall–Kier alpha value is -3.19. The molecule has 0 bridgehead atoms. The number of anilines is 1. The standard InChI is InChI=1S/C20H21N5O2/c26-20(16-4-6-18(7-5-16)25-10-2-9-23-25)22-15-17-3-1-8-21-19(17)24-11-13-27-14-12-24/h1-10H,11-15H2,(H,22,26). The molecule has 3 heterocycles. The predicted octanol–water partition coefficient (Wildman–Crippen LogP) is 2.03. The van der Waals surface area contributed by atoms with Gasteiger partial charge >= 0.3 is 0 Å². The van der Waals surface area contributed by atoms with Crippen LogP contribution < -0.4 is 10.2 Å². The third kappa shape index (κ3) is 3.98. The number of aromatic nitrogens is 3. The van der Waals surface area contributed by atoms with Gasteiger partial charge in [0.1, 0.15) is 5.82 Å². The average Bonchev–Trinajstić information content (AvgIpc) is 3.28.